The first-order valence-corrected chi connectivity index (χ1v) is 14.1. The number of hydrogen-bond acceptors (Lipinski definition) is 5. The number of nitrogens with one attached hydrogen (secondary N) is 1. The zero-order valence-electron chi connectivity index (χ0n) is 21.6. The molecular formula is C28H30F2N2O5S. The number of benzene rings is 2. The van der Waals surface area contributed by atoms with Crippen LogP contribution in [-0.2, 0) is 31.4 Å². The van der Waals surface area contributed by atoms with E-state index in [-0.39, 0.29) is 17.9 Å². The molecule has 1 saturated carbocycles. The Balaban J connectivity index is 1.51. The van der Waals surface area contributed by atoms with Gasteiger partial charge in [-0.05, 0) is 86.6 Å². The van der Waals surface area contributed by atoms with E-state index >= 15 is 0 Å². The molecule has 1 spiro atoms. The number of amides is 1. The van der Waals surface area contributed by atoms with Gasteiger partial charge in [-0.3, -0.25) is 9.52 Å². The Morgan fingerprint density at radius 1 is 1.13 bits per heavy atom. The number of rotatable bonds is 4. The molecule has 3 aliphatic rings. The lowest BCUT2D eigenvalue weighted by Gasteiger charge is -2.38. The van der Waals surface area contributed by atoms with Crippen molar-refractivity contribution in [2.45, 2.75) is 68.8 Å². The maximum atomic E-state index is 14.3. The highest BCUT2D eigenvalue weighted by Gasteiger charge is 2.51. The Hall–Kier alpha value is -3.27. The number of hydrogen-bond donors (Lipinski definition) is 1. The monoisotopic (exact) mass is 544 g/mol. The highest BCUT2D eigenvalue weighted by Crippen LogP contribution is 2.53. The Labute approximate surface area is 220 Å². The number of carbonyl (C=O) groups is 2. The van der Waals surface area contributed by atoms with Gasteiger partial charge in [0.15, 0.2) is 0 Å². The van der Waals surface area contributed by atoms with E-state index < -0.39 is 43.7 Å². The van der Waals surface area contributed by atoms with Crippen LogP contribution in [0.4, 0.5) is 19.3 Å². The van der Waals surface area contributed by atoms with Gasteiger partial charge < -0.3 is 9.64 Å². The van der Waals surface area contributed by atoms with Gasteiger partial charge >= 0.3 is 6.09 Å². The zero-order valence-corrected chi connectivity index (χ0v) is 22.4. The lowest BCUT2D eigenvalue weighted by Crippen LogP contribution is -2.39. The molecule has 38 heavy (non-hydrogen) atoms. The van der Waals surface area contributed by atoms with Crippen LogP contribution in [0.25, 0.3) is 5.57 Å². The van der Waals surface area contributed by atoms with Crippen LogP contribution in [0.1, 0.15) is 63.1 Å². The first-order chi connectivity index (χ1) is 17.8. The van der Waals surface area contributed by atoms with Gasteiger partial charge in [-0.2, -0.15) is 0 Å². The second kappa shape index (κ2) is 9.18. The van der Waals surface area contributed by atoms with Crippen molar-refractivity contribution in [3.05, 3.63) is 64.7 Å². The number of nitrogens with zero attached hydrogens (tertiary/aromatic N) is 1. The first kappa shape index (κ1) is 26.3. The zero-order chi connectivity index (χ0) is 27.5. The molecule has 2 aromatic carbocycles. The molecule has 0 atom stereocenters. The molecule has 0 saturated heterocycles. The second-order valence-electron chi connectivity index (χ2n) is 11.2. The van der Waals surface area contributed by atoms with Crippen molar-refractivity contribution in [3.63, 3.8) is 0 Å². The second-order valence-corrected chi connectivity index (χ2v) is 12.8. The van der Waals surface area contributed by atoms with Gasteiger partial charge in [-0.25, -0.2) is 22.0 Å². The fourth-order valence-corrected chi connectivity index (χ4v) is 6.60. The number of sulfonamides is 1. The van der Waals surface area contributed by atoms with Crippen LogP contribution in [0.5, 0.6) is 0 Å². The summed E-state index contributed by atoms with van der Waals surface area (Å²) in [4.78, 5) is 26.6. The number of ether oxygens (including phenoxy) is 1. The molecule has 2 aliphatic carbocycles. The van der Waals surface area contributed by atoms with Crippen molar-refractivity contribution in [1.29, 1.82) is 0 Å². The molecule has 0 radical (unpaired) electrons. The largest absolute Gasteiger partial charge is 0.444 e. The highest BCUT2D eigenvalue weighted by molar-refractivity contribution is 7.92. The fourth-order valence-electron chi connectivity index (χ4n) is 5.50. The number of carbonyl (C=O) groups excluding carboxylic acids is 2. The molecule has 0 bridgehead atoms. The molecular weight excluding hydrogens is 514 g/mol. The summed E-state index contributed by atoms with van der Waals surface area (Å²) in [7, 11) is -4.37. The fraction of sp³-hybridized carbons (Fsp3) is 0.429. The summed E-state index contributed by atoms with van der Waals surface area (Å²) in [6.45, 7) is 6.13. The third-order valence-corrected chi connectivity index (χ3v) is 8.90. The van der Waals surface area contributed by atoms with Gasteiger partial charge in [0.05, 0.1) is 5.41 Å². The molecule has 0 aromatic heterocycles. The van der Waals surface area contributed by atoms with Crippen molar-refractivity contribution >= 4 is 33.2 Å². The van der Waals surface area contributed by atoms with Gasteiger partial charge in [-0.1, -0.05) is 12.5 Å². The summed E-state index contributed by atoms with van der Waals surface area (Å²) in [5.74, 6) is -1.95. The van der Waals surface area contributed by atoms with Crippen molar-refractivity contribution in [2.75, 3.05) is 17.8 Å². The molecule has 1 fully saturated rings. The minimum atomic E-state index is -4.37. The summed E-state index contributed by atoms with van der Waals surface area (Å²) < 4.78 is 61.7. The van der Waals surface area contributed by atoms with Crippen molar-refractivity contribution in [3.8, 4) is 0 Å². The highest BCUT2D eigenvalue weighted by atomic mass is 32.2. The van der Waals surface area contributed by atoms with Crippen LogP contribution in [0.3, 0.4) is 0 Å². The molecule has 202 valence electrons. The number of fused-ring (bicyclic) bond motifs is 2. The topological polar surface area (TPSA) is 92.8 Å². The summed E-state index contributed by atoms with van der Waals surface area (Å²) >= 11 is 0. The summed E-state index contributed by atoms with van der Waals surface area (Å²) in [5, 5.41) is 0. The molecule has 7 nitrogen and oxygen atoms in total. The Kier molecular flexibility index (Phi) is 6.37. The van der Waals surface area contributed by atoms with Crippen molar-refractivity contribution in [2.24, 2.45) is 0 Å². The van der Waals surface area contributed by atoms with Crippen LogP contribution in [0.15, 0.2) is 41.3 Å². The Bertz CT molecular complexity index is 1470. The van der Waals surface area contributed by atoms with E-state index in [0.29, 0.717) is 38.4 Å². The lowest BCUT2D eigenvalue weighted by molar-refractivity contribution is -0.125. The molecule has 10 heteroatoms. The van der Waals surface area contributed by atoms with Crippen LogP contribution in [-0.4, -0.2) is 43.9 Å². The van der Waals surface area contributed by atoms with E-state index in [1.807, 2.05) is 6.08 Å². The minimum Gasteiger partial charge on any atom is -0.444 e. The predicted octanol–water partition coefficient (Wildman–Crippen LogP) is 5.34. The van der Waals surface area contributed by atoms with Crippen LogP contribution < -0.4 is 4.72 Å². The first-order valence-electron chi connectivity index (χ1n) is 12.6. The van der Waals surface area contributed by atoms with E-state index in [9.17, 15) is 26.8 Å². The quantitative estimate of drug-likeness (QED) is 0.561. The van der Waals surface area contributed by atoms with Crippen LogP contribution in [0, 0.1) is 11.6 Å². The maximum Gasteiger partial charge on any atom is 0.410 e. The van der Waals surface area contributed by atoms with E-state index in [1.54, 1.807) is 37.8 Å². The van der Waals surface area contributed by atoms with Crippen LogP contribution >= 0.6 is 0 Å². The van der Waals surface area contributed by atoms with E-state index in [2.05, 4.69) is 4.72 Å². The average molecular weight is 545 g/mol. The van der Waals surface area contributed by atoms with Gasteiger partial charge in [0.25, 0.3) is 10.0 Å². The summed E-state index contributed by atoms with van der Waals surface area (Å²) in [6.07, 6.45) is 4.55. The lowest BCUT2D eigenvalue weighted by atomic mass is 9.64. The molecule has 5 rings (SSSR count). The minimum absolute atomic E-state index is 0.122. The predicted molar refractivity (Wildman–Crippen MR) is 138 cm³/mol. The van der Waals surface area contributed by atoms with Gasteiger partial charge in [0, 0.05) is 31.3 Å². The average Bonchev–Trinajstić information content (AvgIpc) is 3.09. The summed E-state index contributed by atoms with van der Waals surface area (Å²) in [5.41, 5.74) is 2.31. The third-order valence-electron chi connectivity index (χ3n) is 7.49. The molecule has 0 unspecified atom stereocenters. The summed E-state index contributed by atoms with van der Waals surface area (Å²) in [6, 6.07) is 5.63. The van der Waals surface area contributed by atoms with Gasteiger partial charge in [-0.15, -0.1) is 0 Å². The molecule has 2 aromatic rings. The number of Topliss-reactive ketones (excluding diaryl/α,β-unsaturated/α-hetero) is 1. The third kappa shape index (κ3) is 4.70. The van der Waals surface area contributed by atoms with Crippen molar-refractivity contribution < 1.29 is 31.5 Å². The van der Waals surface area contributed by atoms with Crippen molar-refractivity contribution in [1.82, 2.24) is 4.90 Å². The molecule has 1 aliphatic heterocycles. The van der Waals surface area contributed by atoms with Crippen LogP contribution in [0.2, 0.25) is 0 Å². The smallest absolute Gasteiger partial charge is 0.410 e. The SMILES string of the molecule is CC(C)(C)OC(=O)N1CC=C(c2cc(NS(=O)(=O)c3ccc(F)cc3F)cc3c2CC(=O)C32CCC2)CC1. The van der Waals surface area contributed by atoms with E-state index in [0.717, 1.165) is 40.8 Å². The standard InChI is InChI=1S/C28H30F2N2O5S/c1-27(2,3)37-26(34)32-11-7-17(8-12-32)20-14-19(15-22-21(20)16-25(33)28(22)9-4-10-28)31-38(35,36)24-6-5-18(29)13-23(24)30/h5-7,13-15,31H,4,8-12,16H2,1-3H3. The van der Waals surface area contributed by atoms with Gasteiger partial charge in [0.1, 0.15) is 27.9 Å². The molecule has 1 heterocycles. The number of anilines is 1. The van der Waals surface area contributed by atoms with Gasteiger partial charge in [0.2, 0.25) is 0 Å². The van der Waals surface area contributed by atoms with E-state index in [4.69, 9.17) is 4.74 Å². The normalized spacial score (nSPS) is 18.6. The molecule has 1 amide bonds. The Morgan fingerprint density at radius 2 is 1.87 bits per heavy atom. The molecule has 1 N–H and O–H groups in total. The Morgan fingerprint density at radius 3 is 2.45 bits per heavy atom. The maximum absolute atomic E-state index is 14.3. The number of ketones is 1. The number of halogens is 2. The van der Waals surface area contributed by atoms with E-state index in [1.165, 1.54) is 0 Å².